The maximum atomic E-state index is 9.45. The second-order valence-corrected chi connectivity index (χ2v) is 6.89. The van der Waals surface area contributed by atoms with Gasteiger partial charge in [-0.3, -0.25) is 4.57 Å². The Bertz CT molecular complexity index is 1120. The summed E-state index contributed by atoms with van der Waals surface area (Å²) in [6.45, 7) is 0.899. The van der Waals surface area contributed by atoms with Crippen LogP contribution in [0, 0.1) is 11.3 Å². The second kappa shape index (κ2) is 7.06. The normalized spacial score (nSPS) is 11.0. The van der Waals surface area contributed by atoms with Crippen molar-refractivity contribution in [2.24, 2.45) is 0 Å². The van der Waals surface area contributed by atoms with E-state index in [-0.39, 0.29) is 0 Å². The fourth-order valence-corrected chi connectivity index (χ4v) is 3.37. The Kier molecular flexibility index (Phi) is 4.45. The largest absolute Gasteiger partial charge is 0.305 e. The van der Waals surface area contributed by atoms with Gasteiger partial charge in [-0.05, 0) is 49.5 Å². The number of imidazole rings is 1. The van der Waals surface area contributed by atoms with Crippen LogP contribution in [0.3, 0.4) is 0 Å². The Balaban J connectivity index is 1.91. The van der Waals surface area contributed by atoms with Gasteiger partial charge in [-0.2, -0.15) is 5.26 Å². The lowest BCUT2D eigenvalue weighted by atomic mass is 10.00. The maximum absolute atomic E-state index is 9.45. The molecule has 0 spiro atoms. The predicted molar refractivity (Wildman–Crippen MR) is 109 cm³/mol. The molecule has 0 saturated carbocycles. The SMILES string of the molecule is CN(C)Cc1ccc(-c2cc(C#N)cc3ncn(-c4ccccc4)c23)cc1. The first kappa shape index (κ1) is 17.0. The van der Waals surface area contributed by atoms with Crippen molar-refractivity contribution < 1.29 is 0 Å². The van der Waals surface area contributed by atoms with Crippen molar-refractivity contribution in [1.29, 1.82) is 5.26 Å². The van der Waals surface area contributed by atoms with Gasteiger partial charge in [0.15, 0.2) is 0 Å². The molecule has 0 atom stereocenters. The number of benzene rings is 3. The fraction of sp³-hybridized carbons (Fsp3) is 0.130. The van der Waals surface area contributed by atoms with Crippen molar-refractivity contribution in [3.05, 3.63) is 84.2 Å². The summed E-state index contributed by atoms with van der Waals surface area (Å²) in [4.78, 5) is 6.70. The van der Waals surface area contributed by atoms with E-state index in [2.05, 4.69) is 71.0 Å². The maximum Gasteiger partial charge on any atom is 0.100 e. The molecule has 0 unspecified atom stereocenters. The Hall–Kier alpha value is -3.42. The molecule has 4 rings (SSSR count). The Morgan fingerprint density at radius 1 is 1.00 bits per heavy atom. The van der Waals surface area contributed by atoms with E-state index in [9.17, 15) is 5.26 Å². The molecule has 4 heteroatoms. The Morgan fingerprint density at radius 3 is 2.41 bits per heavy atom. The molecule has 1 heterocycles. The van der Waals surface area contributed by atoms with Gasteiger partial charge in [-0.25, -0.2) is 4.98 Å². The summed E-state index contributed by atoms with van der Waals surface area (Å²) in [7, 11) is 4.12. The predicted octanol–water partition coefficient (Wildman–Crippen LogP) is 4.63. The minimum atomic E-state index is 0.619. The van der Waals surface area contributed by atoms with Crippen LogP contribution in [-0.4, -0.2) is 28.5 Å². The number of rotatable bonds is 4. The summed E-state index contributed by atoms with van der Waals surface area (Å²) in [5.41, 5.74) is 6.86. The molecule has 4 nitrogen and oxygen atoms in total. The molecule has 27 heavy (non-hydrogen) atoms. The molecule has 0 aliphatic carbocycles. The highest BCUT2D eigenvalue weighted by Gasteiger charge is 2.13. The third-order valence-electron chi connectivity index (χ3n) is 4.57. The van der Waals surface area contributed by atoms with Gasteiger partial charge >= 0.3 is 0 Å². The van der Waals surface area contributed by atoms with Gasteiger partial charge in [0.2, 0.25) is 0 Å². The van der Waals surface area contributed by atoms with Crippen LogP contribution in [0.2, 0.25) is 0 Å². The molecule has 0 aliphatic heterocycles. The first-order chi connectivity index (χ1) is 13.2. The molecule has 3 aromatic carbocycles. The molecule has 132 valence electrons. The van der Waals surface area contributed by atoms with Crippen molar-refractivity contribution in [2.45, 2.75) is 6.54 Å². The molecule has 0 fully saturated rings. The van der Waals surface area contributed by atoms with Crippen LogP contribution in [0.5, 0.6) is 0 Å². The number of hydrogen-bond donors (Lipinski definition) is 0. The van der Waals surface area contributed by atoms with E-state index in [4.69, 9.17) is 0 Å². The summed E-state index contributed by atoms with van der Waals surface area (Å²) in [6, 6.07) is 24.7. The molecule has 1 aromatic heterocycles. The third-order valence-corrected chi connectivity index (χ3v) is 4.57. The van der Waals surface area contributed by atoms with Gasteiger partial charge in [0.05, 0.1) is 22.7 Å². The quantitative estimate of drug-likeness (QED) is 0.538. The zero-order valence-corrected chi connectivity index (χ0v) is 15.4. The van der Waals surface area contributed by atoms with Crippen LogP contribution >= 0.6 is 0 Å². The van der Waals surface area contributed by atoms with E-state index in [1.165, 1.54) is 5.56 Å². The van der Waals surface area contributed by atoms with Crippen molar-refractivity contribution in [3.63, 3.8) is 0 Å². The topological polar surface area (TPSA) is 44.9 Å². The second-order valence-electron chi connectivity index (χ2n) is 6.89. The van der Waals surface area contributed by atoms with Crippen LogP contribution in [0.1, 0.15) is 11.1 Å². The van der Waals surface area contributed by atoms with Crippen molar-refractivity contribution >= 4 is 11.0 Å². The monoisotopic (exact) mass is 352 g/mol. The average Bonchev–Trinajstić information content (AvgIpc) is 3.12. The summed E-state index contributed by atoms with van der Waals surface area (Å²) >= 11 is 0. The number of fused-ring (bicyclic) bond motifs is 1. The number of nitrogens with zero attached hydrogens (tertiary/aromatic N) is 4. The zero-order valence-electron chi connectivity index (χ0n) is 15.4. The number of hydrogen-bond acceptors (Lipinski definition) is 3. The van der Waals surface area contributed by atoms with Crippen LogP contribution in [0.15, 0.2) is 73.1 Å². The minimum absolute atomic E-state index is 0.619. The van der Waals surface area contributed by atoms with E-state index < -0.39 is 0 Å². The van der Waals surface area contributed by atoms with Crippen LogP contribution in [0.25, 0.3) is 27.8 Å². The first-order valence-electron chi connectivity index (χ1n) is 8.86. The van der Waals surface area contributed by atoms with Crippen molar-refractivity contribution in [3.8, 4) is 22.9 Å². The van der Waals surface area contributed by atoms with Gasteiger partial charge in [-0.15, -0.1) is 0 Å². The summed E-state index contributed by atoms with van der Waals surface area (Å²) in [6.07, 6.45) is 1.82. The lowest BCUT2D eigenvalue weighted by Gasteiger charge is -2.12. The third kappa shape index (κ3) is 3.33. The lowest BCUT2D eigenvalue weighted by molar-refractivity contribution is 0.402. The van der Waals surface area contributed by atoms with Crippen molar-refractivity contribution in [1.82, 2.24) is 14.5 Å². The highest BCUT2D eigenvalue weighted by molar-refractivity contribution is 5.94. The van der Waals surface area contributed by atoms with Gasteiger partial charge in [0, 0.05) is 17.8 Å². The van der Waals surface area contributed by atoms with Gasteiger partial charge < -0.3 is 4.90 Å². The summed E-state index contributed by atoms with van der Waals surface area (Å²) in [5, 5.41) is 9.45. The Labute approximate surface area is 158 Å². The first-order valence-corrected chi connectivity index (χ1v) is 8.86. The van der Waals surface area contributed by atoms with Gasteiger partial charge in [0.25, 0.3) is 0 Å². The molecular weight excluding hydrogens is 332 g/mol. The van der Waals surface area contributed by atoms with Gasteiger partial charge in [-0.1, -0.05) is 42.5 Å². The standard InChI is InChI=1S/C23H20N4/c1-26(2)15-17-8-10-19(11-9-17)21-12-18(14-24)13-22-23(21)27(16-25-22)20-6-4-3-5-7-20/h3-13,16H,15H2,1-2H3. The molecular formula is C23H20N4. The number of para-hydroxylation sites is 1. The molecule has 0 radical (unpaired) electrons. The number of aromatic nitrogens is 2. The average molecular weight is 352 g/mol. The zero-order chi connectivity index (χ0) is 18.8. The van der Waals surface area contributed by atoms with E-state index in [0.717, 1.165) is 34.4 Å². The van der Waals surface area contributed by atoms with Gasteiger partial charge in [0.1, 0.15) is 6.33 Å². The molecule has 0 saturated heterocycles. The summed E-state index contributed by atoms with van der Waals surface area (Å²) < 4.78 is 2.08. The highest BCUT2D eigenvalue weighted by atomic mass is 15.1. The molecule has 0 amide bonds. The molecule has 4 aromatic rings. The minimum Gasteiger partial charge on any atom is -0.305 e. The van der Waals surface area contributed by atoms with E-state index >= 15 is 0 Å². The molecule has 0 aliphatic rings. The Morgan fingerprint density at radius 2 is 1.74 bits per heavy atom. The van der Waals surface area contributed by atoms with Crippen LogP contribution in [-0.2, 0) is 6.54 Å². The van der Waals surface area contributed by atoms with Crippen LogP contribution < -0.4 is 0 Å². The summed E-state index contributed by atoms with van der Waals surface area (Å²) in [5.74, 6) is 0. The van der Waals surface area contributed by atoms with E-state index in [1.54, 1.807) is 0 Å². The lowest BCUT2D eigenvalue weighted by Crippen LogP contribution is -2.10. The van der Waals surface area contributed by atoms with Crippen LogP contribution in [0.4, 0.5) is 0 Å². The number of nitriles is 1. The van der Waals surface area contributed by atoms with E-state index in [0.29, 0.717) is 5.56 Å². The fourth-order valence-electron chi connectivity index (χ4n) is 3.37. The van der Waals surface area contributed by atoms with E-state index in [1.807, 2.05) is 36.7 Å². The molecule has 0 N–H and O–H groups in total. The molecule has 0 bridgehead atoms. The van der Waals surface area contributed by atoms with Crippen molar-refractivity contribution in [2.75, 3.05) is 14.1 Å². The smallest absolute Gasteiger partial charge is 0.100 e. The highest BCUT2D eigenvalue weighted by Crippen LogP contribution is 2.31.